The maximum absolute atomic E-state index is 4.09. The van der Waals surface area contributed by atoms with E-state index in [2.05, 4.69) is 27.5 Å². The van der Waals surface area contributed by atoms with Crippen molar-refractivity contribution in [2.45, 2.75) is 6.92 Å². The molecule has 0 spiro atoms. The number of halogens is 1. The lowest BCUT2D eigenvalue weighted by Gasteiger charge is -1.96. The average Bonchev–Trinajstić information content (AvgIpc) is 1.95. The van der Waals surface area contributed by atoms with E-state index >= 15 is 0 Å². The quantitative estimate of drug-likeness (QED) is 0.632. The Balaban J connectivity index is 3.16. The van der Waals surface area contributed by atoms with Crippen molar-refractivity contribution in [3.05, 3.63) is 34.6 Å². The molecule has 1 aromatic rings. The van der Waals surface area contributed by atoms with Crippen LogP contribution in [0.15, 0.2) is 23.4 Å². The fraction of sp³-hybridized carbons (Fsp3) is 0.125. The first-order valence-corrected chi connectivity index (χ1v) is 3.78. The third-order valence-electron chi connectivity index (χ3n) is 1.27. The molecule has 0 saturated heterocycles. The molecule has 1 nitrogen and oxygen atoms in total. The summed E-state index contributed by atoms with van der Waals surface area (Å²) in [7, 11) is 0. The van der Waals surface area contributed by atoms with E-state index in [1.165, 1.54) is 0 Å². The van der Waals surface area contributed by atoms with Crippen LogP contribution in [0.25, 0.3) is 6.08 Å². The van der Waals surface area contributed by atoms with Crippen molar-refractivity contribution in [3.63, 3.8) is 0 Å². The van der Waals surface area contributed by atoms with Crippen LogP contribution in [0.5, 0.6) is 0 Å². The molecule has 0 fully saturated rings. The molecule has 0 radical (unpaired) electrons. The molecule has 0 atom stereocenters. The first kappa shape index (κ1) is 7.48. The number of hydrogen-bond donors (Lipinski definition) is 0. The van der Waals surface area contributed by atoms with Crippen LogP contribution in [0.1, 0.15) is 11.1 Å². The van der Waals surface area contributed by atoms with Crippen molar-refractivity contribution in [1.82, 2.24) is 4.98 Å². The summed E-state index contributed by atoms with van der Waals surface area (Å²) in [5, 5.41) is 0. The zero-order valence-corrected chi connectivity index (χ0v) is 7.35. The van der Waals surface area contributed by atoms with Gasteiger partial charge in [-0.3, -0.25) is 0 Å². The highest BCUT2D eigenvalue weighted by Gasteiger charge is 1.93. The third kappa shape index (κ3) is 1.45. The summed E-state index contributed by atoms with van der Waals surface area (Å²) in [4.78, 5) is 4.09. The van der Waals surface area contributed by atoms with Gasteiger partial charge in [0, 0.05) is 6.20 Å². The molecule has 1 aromatic heterocycles. The van der Waals surface area contributed by atoms with Crippen molar-refractivity contribution in [2.24, 2.45) is 0 Å². The Morgan fingerprint density at radius 2 is 2.40 bits per heavy atom. The minimum absolute atomic E-state index is 0.901. The van der Waals surface area contributed by atoms with Gasteiger partial charge in [0.25, 0.3) is 0 Å². The van der Waals surface area contributed by atoms with Gasteiger partial charge >= 0.3 is 0 Å². The molecule has 0 aliphatic rings. The van der Waals surface area contributed by atoms with Crippen LogP contribution in [0.2, 0.25) is 0 Å². The minimum Gasteiger partial charge on any atom is -0.248 e. The second-order valence-corrected chi connectivity index (χ2v) is 2.83. The van der Waals surface area contributed by atoms with Crippen molar-refractivity contribution in [1.29, 1.82) is 0 Å². The number of pyridine rings is 1. The molecular weight excluding hydrogens is 190 g/mol. The highest BCUT2D eigenvalue weighted by Crippen LogP contribution is 2.13. The van der Waals surface area contributed by atoms with Gasteiger partial charge in [0.15, 0.2) is 0 Å². The third-order valence-corrected chi connectivity index (χ3v) is 2.10. The number of aromatic nitrogens is 1. The van der Waals surface area contributed by atoms with Gasteiger partial charge in [0.1, 0.15) is 4.60 Å². The van der Waals surface area contributed by atoms with Crippen LogP contribution in [-0.4, -0.2) is 4.98 Å². The van der Waals surface area contributed by atoms with E-state index in [1.807, 2.05) is 13.0 Å². The van der Waals surface area contributed by atoms with Gasteiger partial charge in [-0.15, -0.1) is 0 Å². The molecule has 0 amide bonds. The van der Waals surface area contributed by atoms with E-state index in [-0.39, 0.29) is 0 Å². The summed E-state index contributed by atoms with van der Waals surface area (Å²) in [6.07, 6.45) is 3.57. The Kier molecular flexibility index (Phi) is 2.22. The summed E-state index contributed by atoms with van der Waals surface area (Å²) in [5.41, 5.74) is 2.19. The standard InChI is InChI=1S/C8H8BrN/c1-3-7-4-6(2)8(9)10-5-7/h3-5H,1H2,2H3. The van der Waals surface area contributed by atoms with Gasteiger partial charge in [0.2, 0.25) is 0 Å². The van der Waals surface area contributed by atoms with Gasteiger partial charge in [-0.1, -0.05) is 12.7 Å². The van der Waals surface area contributed by atoms with E-state index < -0.39 is 0 Å². The molecular formula is C8H8BrN. The van der Waals surface area contributed by atoms with Gasteiger partial charge < -0.3 is 0 Å². The predicted octanol–water partition coefficient (Wildman–Crippen LogP) is 2.80. The largest absolute Gasteiger partial charge is 0.248 e. The Morgan fingerprint density at radius 1 is 1.70 bits per heavy atom. The molecule has 10 heavy (non-hydrogen) atoms. The molecule has 0 bridgehead atoms. The molecule has 2 heteroatoms. The van der Waals surface area contributed by atoms with Gasteiger partial charge in [-0.2, -0.15) is 0 Å². The number of hydrogen-bond acceptors (Lipinski definition) is 1. The normalized spacial score (nSPS) is 9.40. The van der Waals surface area contributed by atoms with Crippen LogP contribution in [0, 0.1) is 6.92 Å². The molecule has 0 saturated carbocycles. The van der Waals surface area contributed by atoms with Gasteiger partial charge in [-0.25, -0.2) is 4.98 Å². The summed E-state index contributed by atoms with van der Waals surface area (Å²) in [6.45, 7) is 5.65. The van der Waals surface area contributed by atoms with Crippen LogP contribution in [0.3, 0.4) is 0 Å². The van der Waals surface area contributed by atoms with Crippen molar-refractivity contribution < 1.29 is 0 Å². The minimum atomic E-state index is 0.901. The molecule has 0 aliphatic heterocycles. The Hall–Kier alpha value is -0.630. The Labute approximate surface area is 68.9 Å². The summed E-state index contributed by atoms with van der Waals surface area (Å²) in [6, 6.07) is 2.03. The summed E-state index contributed by atoms with van der Waals surface area (Å²) in [5.74, 6) is 0. The maximum Gasteiger partial charge on any atom is 0.109 e. The topological polar surface area (TPSA) is 12.9 Å². The number of rotatable bonds is 1. The van der Waals surface area contributed by atoms with E-state index in [0.29, 0.717) is 0 Å². The fourth-order valence-corrected chi connectivity index (χ4v) is 0.908. The molecule has 0 aliphatic carbocycles. The SMILES string of the molecule is C=Cc1cnc(Br)c(C)c1. The summed E-state index contributed by atoms with van der Waals surface area (Å²) < 4.78 is 0.901. The maximum atomic E-state index is 4.09. The van der Waals surface area contributed by atoms with E-state index in [4.69, 9.17) is 0 Å². The number of nitrogens with zero attached hydrogens (tertiary/aromatic N) is 1. The molecule has 0 aromatic carbocycles. The van der Waals surface area contributed by atoms with E-state index in [9.17, 15) is 0 Å². The van der Waals surface area contributed by atoms with Crippen LogP contribution in [0.4, 0.5) is 0 Å². The smallest absolute Gasteiger partial charge is 0.109 e. The fourth-order valence-electron chi connectivity index (χ4n) is 0.691. The Bertz CT molecular complexity index is 255. The molecule has 0 N–H and O–H groups in total. The van der Waals surface area contributed by atoms with Gasteiger partial charge in [-0.05, 0) is 40.0 Å². The second kappa shape index (κ2) is 2.97. The first-order valence-electron chi connectivity index (χ1n) is 2.98. The number of aryl methyl sites for hydroxylation is 1. The second-order valence-electron chi connectivity index (χ2n) is 2.08. The van der Waals surface area contributed by atoms with E-state index in [1.54, 1.807) is 12.3 Å². The molecule has 52 valence electrons. The monoisotopic (exact) mass is 197 g/mol. The van der Waals surface area contributed by atoms with Crippen LogP contribution in [-0.2, 0) is 0 Å². The molecule has 1 rings (SSSR count). The lowest BCUT2D eigenvalue weighted by molar-refractivity contribution is 1.21. The van der Waals surface area contributed by atoms with E-state index in [0.717, 1.165) is 15.7 Å². The van der Waals surface area contributed by atoms with Crippen molar-refractivity contribution >= 4 is 22.0 Å². The first-order chi connectivity index (χ1) is 4.74. The zero-order chi connectivity index (χ0) is 7.56. The highest BCUT2D eigenvalue weighted by molar-refractivity contribution is 9.10. The van der Waals surface area contributed by atoms with Crippen LogP contribution >= 0.6 is 15.9 Å². The lowest BCUT2D eigenvalue weighted by Crippen LogP contribution is -1.82. The van der Waals surface area contributed by atoms with Crippen molar-refractivity contribution in [2.75, 3.05) is 0 Å². The zero-order valence-electron chi connectivity index (χ0n) is 5.76. The highest BCUT2D eigenvalue weighted by atomic mass is 79.9. The Morgan fingerprint density at radius 3 is 2.90 bits per heavy atom. The van der Waals surface area contributed by atoms with Crippen LogP contribution < -0.4 is 0 Å². The molecule has 0 unspecified atom stereocenters. The molecule has 1 heterocycles. The lowest BCUT2D eigenvalue weighted by atomic mass is 10.2. The predicted molar refractivity (Wildman–Crippen MR) is 46.8 cm³/mol. The summed E-state index contributed by atoms with van der Waals surface area (Å²) >= 11 is 3.31. The average molecular weight is 198 g/mol. The van der Waals surface area contributed by atoms with Gasteiger partial charge in [0.05, 0.1) is 0 Å². The van der Waals surface area contributed by atoms with Crippen molar-refractivity contribution in [3.8, 4) is 0 Å².